The lowest BCUT2D eigenvalue weighted by Gasteiger charge is -2.18. The van der Waals surface area contributed by atoms with Crippen LogP contribution >= 0.6 is 0 Å². The van der Waals surface area contributed by atoms with Crippen LogP contribution in [-0.4, -0.2) is 42.6 Å². The predicted molar refractivity (Wildman–Crippen MR) is 148 cm³/mol. The van der Waals surface area contributed by atoms with Gasteiger partial charge in [0.15, 0.2) is 11.5 Å². The molecule has 220 valence electrons. The number of hydrogen-bond acceptors (Lipinski definition) is 9. The second kappa shape index (κ2) is 17.6. The average Bonchev–Trinajstić information content (AvgIpc) is 2.86. The molecule has 0 aromatic heterocycles. The summed E-state index contributed by atoms with van der Waals surface area (Å²) in [5, 5.41) is 0. The third-order valence-electron chi connectivity index (χ3n) is 5.97. The lowest BCUT2D eigenvalue weighted by molar-refractivity contribution is -0.161. The summed E-state index contributed by atoms with van der Waals surface area (Å²) < 4.78 is 21.6. The van der Waals surface area contributed by atoms with Crippen LogP contribution in [0, 0.1) is 17.8 Å². The summed E-state index contributed by atoms with van der Waals surface area (Å²) in [6.07, 6.45) is 2.81. The van der Waals surface area contributed by atoms with Crippen LogP contribution in [-0.2, 0) is 35.1 Å². The van der Waals surface area contributed by atoms with Crippen LogP contribution in [0.15, 0.2) is 18.2 Å². The lowest BCUT2D eigenvalue weighted by atomic mass is 10.1. The molecule has 0 amide bonds. The van der Waals surface area contributed by atoms with Gasteiger partial charge in [0.2, 0.25) is 0 Å². The largest absolute Gasteiger partial charge is 0.462 e. The van der Waals surface area contributed by atoms with Crippen molar-refractivity contribution in [2.75, 3.05) is 6.61 Å². The van der Waals surface area contributed by atoms with E-state index in [1.807, 2.05) is 34.6 Å². The zero-order valence-corrected chi connectivity index (χ0v) is 24.6. The van der Waals surface area contributed by atoms with E-state index in [1.165, 1.54) is 6.07 Å². The normalized spacial score (nSPS) is 13.5. The molecule has 1 aromatic rings. The molecule has 0 aliphatic heterocycles. The number of benzene rings is 1. The van der Waals surface area contributed by atoms with Crippen LogP contribution in [0.1, 0.15) is 92.6 Å². The molecule has 2 N–H and O–H groups in total. The summed E-state index contributed by atoms with van der Waals surface area (Å²) in [5.41, 5.74) is 6.68. The molecule has 0 aliphatic carbocycles. The highest BCUT2D eigenvalue weighted by atomic mass is 16.6. The van der Waals surface area contributed by atoms with Crippen molar-refractivity contribution in [2.24, 2.45) is 23.5 Å². The van der Waals surface area contributed by atoms with E-state index in [4.69, 9.17) is 24.7 Å². The zero-order chi connectivity index (χ0) is 29.5. The topological polar surface area (TPSA) is 131 Å². The van der Waals surface area contributed by atoms with E-state index < -0.39 is 30.1 Å². The molecule has 0 bridgehead atoms. The fraction of sp³-hybridized carbons (Fsp3) is 0.667. The molecular formula is C30H47NO8. The van der Waals surface area contributed by atoms with E-state index in [0.29, 0.717) is 30.2 Å². The van der Waals surface area contributed by atoms with Gasteiger partial charge in [0.25, 0.3) is 0 Å². The summed E-state index contributed by atoms with van der Waals surface area (Å²) >= 11 is 0. The standard InChI is InChI=1S/C30H47NO8/c1-8-9-21(6)29(34)36-18-22(7)37-30(35)24(31)16-23-12-13-25(38-27(32)14-10-19(2)3)26(17-23)39-28(33)15-11-20(4)5/h12-13,17,19-22,24H,8-11,14-16,18,31H2,1-7H3/t21?,22-,24-/m0/s1. The molecule has 0 aliphatic rings. The Hall–Kier alpha value is -2.94. The van der Waals surface area contributed by atoms with Crippen LogP contribution < -0.4 is 15.2 Å². The molecular weight excluding hydrogens is 502 g/mol. The fourth-order valence-corrected chi connectivity index (χ4v) is 3.55. The van der Waals surface area contributed by atoms with Crippen LogP contribution in [0.3, 0.4) is 0 Å². The van der Waals surface area contributed by atoms with Gasteiger partial charge in [-0.15, -0.1) is 0 Å². The Morgan fingerprint density at radius 2 is 1.36 bits per heavy atom. The molecule has 0 fully saturated rings. The number of esters is 4. The maximum Gasteiger partial charge on any atom is 0.323 e. The van der Waals surface area contributed by atoms with Crippen molar-refractivity contribution in [1.82, 2.24) is 0 Å². The van der Waals surface area contributed by atoms with E-state index in [1.54, 1.807) is 26.0 Å². The first-order valence-corrected chi connectivity index (χ1v) is 14.0. The molecule has 9 heteroatoms. The van der Waals surface area contributed by atoms with E-state index >= 15 is 0 Å². The molecule has 1 unspecified atom stereocenters. The van der Waals surface area contributed by atoms with Gasteiger partial charge in [0.1, 0.15) is 18.8 Å². The zero-order valence-electron chi connectivity index (χ0n) is 24.6. The first kappa shape index (κ1) is 34.1. The fourth-order valence-electron chi connectivity index (χ4n) is 3.55. The molecule has 0 spiro atoms. The Morgan fingerprint density at radius 3 is 1.90 bits per heavy atom. The third kappa shape index (κ3) is 14.1. The Bertz CT molecular complexity index is 943. The quantitative estimate of drug-likeness (QED) is 0.207. The van der Waals surface area contributed by atoms with Crippen molar-refractivity contribution in [1.29, 1.82) is 0 Å². The van der Waals surface area contributed by atoms with Crippen molar-refractivity contribution < 1.29 is 38.1 Å². The van der Waals surface area contributed by atoms with Gasteiger partial charge < -0.3 is 24.7 Å². The summed E-state index contributed by atoms with van der Waals surface area (Å²) in [6, 6.07) is 3.73. The smallest absolute Gasteiger partial charge is 0.323 e. The molecule has 0 saturated heterocycles. The van der Waals surface area contributed by atoms with Crippen LogP contribution in [0.25, 0.3) is 0 Å². The van der Waals surface area contributed by atoms with E-state index in [2.05, 4.69) is 0 Å². The van der Waals surface area contributed by atoms with Crippen molar-refractivity contribution in [3.8, 4) is 11.5 Å². The van der Waals surface area contributed by atoms with Crippen molar-refractivity contribution in [3.05, 3.63) is 23.8 Å². The second-order valence-electron chi connectivity index (χ2n) is 11.0. The number of carbonyl (C=O) groups excluding carboxylic acids is 4. The highest BCUT2D eigenvalue weighted by Crippen LogP contribution is 2.30. The summed E-state index contributed by atoms with van der Waals surface area (Å²) in [7, 11) is 0. The number of ether oxygens (including phenoxy) is 4. The van der Waals surface area contributed by atoms with Gasteiger partial charge in [-0.25, -0.2) is 0 Å². The first-order valence-electron chi connectivity index (χ1n) is 14.0. The third-order valence-corrected chi connectivity index (χ3v) is 5.97. The van der Waals surface area contributed by atoms with E-state index in [9.17, 15) is 19.2 Å². The molecule has 1 rings (SSSR count). The molecule has 1 aromatic carbocycles. The van der Waals surface area contributed by atoms with Crippen LogP contribution in [0.5, 0.6) is 11.5 Å². The molecule has 0 saturated carbocycles. The van der Waals surface area contributed by atoms with Gasteiger partial charge in [-0.05, 0) is 62.1 Å². The lowest BCUT2D eigenvalue weighted by Crippen LogP contribution is -2.37. The molecule has 3 atom stereocenters. The first-order chi connectivity index (χ1) is 18.3. The van der Waals surface area contributed by atoms with Crippen LogP contribution in [0.2, 0.25) is 0 Å². The van der Waals surface area contributed by atoms with Crippen LogP contribution in [0.4, 0.5) is 0 Å². The van der Waals surface area contributed by atoms with Gasteiger partial charge in [0, 0.05) is 12.8 Å². The minimum Gasteiger partial charge on any atom is -0.462 e. The Labute approximate surface area is 233 Å². The minimum atomic E-state index is -1.01. The minimum absolute atomic E-state index is 0.0568. The summed E-state index contributed by atoms with van der Waals surface area (Å²) in [5.74, 6) is -1.16. The maximum atomic E-state index is 12.5. The van der Waals surface area contributed by atoms with Crippen molar-refractivity contribution >= 4 is 23.9 Å². The summed E-state index contributed by atoms with van der Waals surface area (Å²) in [6.45, 7) is 13.4. The Balaban J connectivity index is 2.86. The Morgan fingerprint density at radius 1 is 0.795 bits per heavy atom. The van der Waals surface area contributed by atoms with Gasteiger partial charge in [-0.1, -0.05) is 54.0 Å². The van der Waals surface area contributed by atoms with E-state index in [0.717, 1.165) is 12.8 Å². The number of rotatable bonds is 17. The maximum absolute atomic E-state index is 12.5. The van der Waals surface area contributed by atoms with Gasteiger partial charge >= 0.3 is 23.9 Å². The summed E-state index contributed by atoms with van der Waals surface area (Å²) in [4.78, 5) is 49.3. The van der Waals surface area contributed by atoms with Gasteiger partial charge in [-0.2, -0.15) is 0 Å². The Kier molecular flexibility index (Phi) is 15.4. The average molecular weight is 550 g/mol. The molecule has 39 heavy (non-hydrogen) atoms. The van der Waals surface area contributed by atoms with Gasteiger partial charge in [-0.3, -0.25) is 19.2 Å². The number of carbonyl (C=O) groups is 4. The van der Waals surface area contributed by atoms with Crippen molar-refractivity contribution in [3.63, 3.8) is 0 Å². The monoisotopic (exact) mass is 549 g/mol. The molecule has 0 heterocycles. The second-order valence-corrected chi connectivity index (χ2v) is 11.0. The highest BCUT2D eigenvalue weighted by Gasteiger charge is 2.22. The number of hydrogen-bond donors (Lipinski definition) is 1. The predicted octanol–water partition coefficient (Wildman–Crippen LogP) is 5.15. The van der Waals surface area contributed by atoms with Gasteiger partial charge in [0.05, 0.1) is 5.92 Å². The van der Waals surface area contributed by atoms with Crippen molar-refractivity contribution in [2.45, 2.75) is 106 Å². The molecule has 0 radical (unpaired) electrons. The SMILES string of the molecule is CCCC(C)C(=O)OC[C@H](C)OC(=O)[C@@H](N)Cc1ccc(OC(=O)CCC(C)C)c(OC(=O)CCC(C)C)c1. The highest BCUT2D eigenvalue weighted by molar-refractivity contribution is 5.77. The molecule has 9 nitrogen and oxygen atoms in total. The van der Waals surface area contributed by atoms with E-state index in [-0.39, 0.29) is 49.3 Å². The number of nitrogens with two attached hydrogens (primary N) is 1.